The number of likely N-dealkylation sites (N-methyl/N-ethyl adjacent to an activating group) is 1. The predicted molar refractivity (Wildman–Crippen MR) is 76.8 cm³/mol. The molecule has 0 saturated carbocycles. The summed E-state index contributed by atoms with van der Waals surface area (Å²) in [5, 5.41) is 21.1. The van der Waals surface area contributed by atoms with Gasteiger partial charge < -0.3 is 30.6 Å². The van der Waals surface area contributed by atoms with Crippen molar-refractivity contribution in [3.63, 3.8) is 0 Å². The molecule has 1 aliphatic heterocycles. The third-order valence-corrected chi connectivity index (χ3v) is 2.97. The average molecular weight is 278 g/mol. The number of nitrogens with one attached hydrogen (secondary N) is 1. The Hall–Kier alpha value is -1.54. The van der Waals surface area contributed by atoms with Crippen LogP contribution in [-0.2, 0) is 9.45 Å². The topological polar surface area (TPSA) is 108 Å². The average Bonchev–Trinajstić information content (AvgIpc) is 2.41. The van der Waals surface area contributed by atoms with E-state index in [1.165, 1.54) is 31.8 Å². The van der Waals surface area contributed by atoms with Crippen molar-refractivity contribution in [2.75, 3.05) is 14.2 Å². The van der Waals surface area contributed by atoms with Crippen LogP contribution >= 0.6 is 0 Å². The molecule has 1 amide bonds. The Bertz CT molecular complexity index is 451. The summed E-state index contributed by atoms with van der Waals surface area (Å²) in [5.74, 6) is -0.199. The number of carbonyl (C=O) groups excluding carboxylic acids is 1. The number of nitrogens with zero attached hydrogens (tertiary/aromatic N) is 1. The van der Waals surface area contributed by atoms with Crippen molar-refractivity contribution in [1.82, 2.24) is 10.1 Å². The summed E-state index contributed by atoms with van der Waals surface area (Å²) in [6, 6.07) is -0.511. The molecule has 1 radical (unpaired) electrons. The van der Waals surface area contributed by atoms with Gasteiger partial charge >= 0.3 is 14.7 Å². The van der Waals surface area contributed by atoms with Crippen LogP contribution in [0.1, 0.15) is 6.42 Å². The Kier molecular flexibility index (Phi) is 6.03. The molecule has 107 valence electrons. The molecule has 7 nitrogen and oxygen atoms in total. The molecule has 0 aromatic carbocycles. The summed E-state index contributed by atoms with van der Waals surface area (Å²) < 4.78 is 4.75. The second-order valence-electron chi connectivity index (χ2n) is 4.31. The maximum atomic E-state index is 12.1. The lowest BCUT2D eigenvalue weighted by Crippen LogP contribution is -2.50. The molecule has 0 bridgehead atoms. The van der Waals surface area contributed by atoms with Gasteiger partial charge in [0.2, 0.25) is 5.91 Å². The van der Waals surface area contributed by atoms with E-state index in [1.807, 2.05) is 0 Å². The van der Waals surface area contributed by atoms with Gasteiger partial charge in [0.15, 0.2) is 0 Å². The van der Waals surface area contributed by atoms with E-state index >= 15 is 0 Å². The van der Waals surface area contributed by atoms with Gasteiger partial charge in [0, 0.05) is 26.3 Å². The Labute approximate surface area is 119 Å². The molecule has 20 heavy (non-hydrogen) atoms. The molecule has 1 atom stereocenters. The molecule has 1 aliphatic rings. The normalized spacial score (nSPS) is 20.2. The molecule has 9 heteroatoms. The highest BCUT2D eigenvalue weighted by molar-refractivity contribution is 6.51. The predicted octanol–water partition coefficient (Wildman–Crippen LogP) is -1.72. The van der Waals surface area contributed by atoms with Crippen molar-refractivity contribution >= 4 is 20.6 Å². The fourth-order valence-corrected chi connectivity index (χ4v) is 1.85. The van der Waals surface area contributed by atoms with E-state index in [1.54, 1.807) is 7.05 Å². The molecule has 5 N–H and O–H groups in total. The lowest BCUT2D eigenvalue weighted by molar-refractivity contribution is -0.130. The zero-order valence-electron chi connectivity index (χ0n) is 11.5. The van der Waals surface area contributed by atoms with Crippen molar-refractivity contribution in [2.24, 2.45) is 5.73 Å². The quantitative estimate of drug-likeness (QED) is 0.340. The largest absolute Gasteiger partial charge is 0.488 e. The van der Waals surface area contributed by atoms with Gasteiger partial charge in [-0.2, -0.15) is 0 Å². The Morgan fingerprint density at radius 3 is 2.85 bits per heavy atom. The highest BCUT2D eigenvalue weighted by Crippen LogP contribution is 2.21. The minimum Gasteiger partial charge on any atom is -0.427 e. The Morgan fingerprint density at radius 2 is 2.35 bits per heavy atom. The van der Waals surface area contributed by atoms with Crippen molar-refractivity contribution in [1.29, 1.82) is 0 Å². The summed E-state index contributed by atoms with van der Waals surface area (Å²) in [6.45, 7) is 3.48. The number of rotatable bonds is 6. The van der Waals surface area contributed by atoms with Crippen LogP contribution in [0.3, 0.4) is 0 Å². The maximum Gasteiger partial charge on any atom is 0.488 e. The Morgan fingerprint density at radius 1 is 1.70 bits per heavy atom. The number of allylic oxidation sites excluding steroid dienone is 3. The second kappa shape index (κ2) is 7.30. The van der Waals surface area contributed by atoms with E-state index in [0.717, 1.165) is 0 Å². The van der Waals surface area contributed by atoms with Gasteiger partial charge in [0.1, 0.15) is 0 Å². The fraction of sp³-hybridized carbons (Fsp3) is 0.364. The first-order valence-electron chi connectivity index (χ1n) is 5.99. The molecule has 0 saturated heterocycles. The van der Waals surface area contributed by atoms with Gasteiger partial charge in [0.05, 0.1) is 11.7 Å². The molecule has 0 aromatic rings. The standard InChI is InChI=1S/C11H18B2N3O4/c1-4-7(13(18)19)5-10-8(14)6-9(15-12-20-3)11(17)16(10)2/h4-5,9,15,18-19H,1,6,14H2,2-3H3/b7-5+/t9-/m1/s1. The van der Waals surface area contributed by atoms with E-state index in [2.05, 4.69) is 11.8 Å². The number of nitrogens with two attached hydrogens (primary N) is 1. The van der Waals surface area contributed by atoms with Crippen LogP contribution in [0.5, 0.6) is 0 Å². The van der Waals surface area contributed by atoms with E-state index < -0.39 is 13.2 Å². The van der Waals surface area contributed by atoms with Crippen molar-refractivity contribution in [2.45, 2.75) is 12.5 Å². The van der Waals surface area contributed by atoms with Gasteiger partial charge in [-0.15, -0.1) is 0 Å². The second-order valence-corrected chi connectivity index (χ2v) is 4.31. The first kappa shape index (κ1) is 16.5. The lowest BCUT2D eigenvalue weighted by Gasteiger charge is -2.32. The molecule has 0 spiro atoms. The molecule has 1 rings (SSSR count). The van der Waals surface area contributed by atoms with E-state index in [4.69, 9.17) is 20.4 Å². The third kappa shape index (κ3) is 3.73. The molecule has 1 heterocycles. The first-order chi connectivity index (χ1) is 9.42. The number of hydrogen-bond acceptors (Lipinski definition) is 6. The van der Waals surface area contributed by atoms with E-state index in [0.29, 0.717) is 17.8 Å². The van der Waals surface area contributed by atoms with Crippen LogP contribution in [0, 0.1) is 0 Å². The number of hydrogen-bond donors (Lipinski definition) is 4. The summed E-state index contributed by atoms with van der Waals surface area (Å²) in [4.78, 5) is 13.5. The summed E-state index contributed by atoms with van der Waals surface area (Å²) in [7, 11) is 2.67. The smallest absolute Gasteiger partial charge is 0.427 e. The van der Waals surface area contributed by atoms with Crippen LogP contribution in [-0.4, -0.2) is 55.8 Å². The van der Waals surface area contributed by atoms with Crippen LogP contribution in [0.15, 0.2) is 35.6 Å². The van der Waals surface area contributed by atoms with Crippen LogP contribution in [0.2, 0.25) is 0 Å². The van der Waals surface area contributed by atoms with E-state index in [9.17, 15) is 4.79 Å². The minimum absolute atomic E-state index is 0.164. The summed E-state index contributed by atoms with van der Waals surface area (Å²) in [6.07, 6.45) is 3.02. The fourth-order valence-electron chi connectivity index (χ4n) is 1.85. The number of carbonyl (C=O) groups is 1. The van der Waals surface area contributed by atoms with Crippen molar-refractivity contribution in [3.8, 4) is 0 Å². The Balaban J connectivity index is 3.02. The summed E-state index contributed by atoms with van der Waals surface area (Å²) in [5.41, 5.74) is 6.99. The van der Waals surface area contributed by atoms with Crippen LogP contribution in [0.4, 0.5) is 0 Å². The van der Waals surface area contributed by atoms with Gasteiger partial charge in [0.25, 0.3) is 0 Å². The molecule has 0 fully saturated rings. The highest BCUT2D eigenvalue weighted by Gasteiger charge is 2.31. The summed E-state index contributed by atoms with van der Waals surface area (Å²) >= 11 is 0. The monoisotopic (exact) mass is 278 g/mol. The lowest BCUT2D eigenvalue weighted by atomic mass is 9.78. The molecular formula is C11H18B2N3O4. The zero-order chi connectivity index (χ0) is 15.3. The number of amides is 1. The maximum absolute atomic E-state index is 12.1. The highest BCUT2D eigenvalue weighted by atomic mass is 16.4. The van der Waals surface area contributed by atoms with Gasteiger partial charge in [-0.05, 0) is 11.5 Å². The molecule has 0 unspecified atom stereocenters. The molecule has 0 aliphatic carbocycles. The van der Waals surface area contributed by atoms with Gasteiger partial charge in [-0.3, -0.25) is 4.79 Å². The first-order valence-corrected chi connectivity index (χ1v) is 5.99. The van der Waals surface area contributed by atoms with E-state index in [-0.39, 0.29) is 11.4 Å². The van der Waals surface area contributed by atoms with Crippen molar-refractivity contribution < 1.29 is 19.5 Å². The zero-order valence-corrected chi connectivity index (χ0v) is 11.5. The van der Waals surface area contributed by atoms with Crippen molar-refractivity contribution in [3.05, 3.63) is 35.6 Å². The molecule has 0 aromatic heterocycles. The van der Waals surface area contributed by atoms with Gasteiger partial charge in [-0.25, -0.2) is 0 Å². The minimum atomic E-state index is -1.67. The third-order valence-electron chi connectivity index (χ3n) is 2.97. The van der Waals surface area contributed by atoms with Crippen LogP contribution in [0.25, 0.3) is 0 Å². The van der Waals surface area contributed by atoms with Gasteiger partial charge in [-0.1, -0.05) is 12.7 Å². The SMILES string of the molecule is C=C/C(=C\C1=C(N)C[C@@H](N[B]OC)C(=O)N1C)B(O)O. The molecular weight excluding hydrogens is 260 g/mol. The van der Waals surface area contributed by atoms with Crippen LogP contribution < -0.4 is 11.0 Å².